The molecule has 1 saturated carbocycles. The predicted octanol–water partition coefficient (Wildman–Crippen LogP) is 4.79. The van der Waals surface area contributed by atoms with Crippen LogP contribution >= 0.6 is 0 Å². The van der Waals surface area contributed by atoms with Crippen molar-refractivity contribution in [1.29, 1.82) is 5.26 Å². The minimum absolute atomic E-state index is 0.681. The zero-order valence-electron chi connectivity index (χ0n) is 20.9. The lowest BCUT2D eigenvalue weighted by molar-refractivity contribution is 0.170. The molecule has 7 heteroatoms. The zero-order valence-corrected chi connectivity index (χ0v) is 20.9. The van der Waals surface area contributed by atoms with Crippen molar-refractivity contribution >= 4 is 11.0 Å². The number of ether oxygens (including phenoxy) is 1. The van der Waals surface area contributed by atoms with Crippen LogP contribution in [-0.2, 0) is 19.5 Å². The number of hydrogen-bond donors (Lipinski definition) is 0. The lowest BCUT2D eigenvalue weighted by Gasteiger charge is -2.31. The highest BCUT2D eigenvalue weighted by atomic mass is 16.5. The summed E-state index contributed by atoms with van der Waals surface area (Å²) in [5.74, 6) is 2.34. The molecule has 1 aliphatic heterocycles. The second kappa shape index (κ2) is 10.8. The summed E-state index contributed by atoms with van der Waals surface area (Å²) in [6.45, 7) is 4.52. The van der Waals surface area contributed by atoms with Gasteiger partial charge in [0.05, 0.1) is 35.2 Å². The number of aromatic nitrogens is 2. The van der Waals surface area contributed by atoms with Crippen LogP contribution in [0.1, 0.15) is 54.6 Å². The first kappa shape index (κ1) is 23.8. The van der Waals surface area contributed by atoms with Crippen molar-refractivity contribution in [3.63, 3.8) is 0 Å². The molecule has 0 unspecified atom stereocenters. The molecule has 0 bridgehead atoms. The van der Waals surface area contributed by atoms with Gasteiger partial charge in [0, 0.05) is 24.7 Å². The molecule has 2 fully saturated rings. The van der Waals surface area contributed by atoms with Gasteiger partial charge in [-0.3, -0.25) is 9.88 Å². The number of benzene rings is 1. The highest BCUT2D eigenvalue weighted by molar-refractivity contribution is 5.84. The second-order valence-electron chi connectivity index (χ2n) is 10.4. The molecule has 0 N–H and O–H groups in total. The predicted molar refractivity (Wildman–Crippen MR) is 135 cm³/mol. The van der Waals surface area contributed by atoms with Crippen LogP contribution in [0.5, 0.6) is 5.75 Å². The van der Waals surface area contributed by atoms with Crippen molar-refractivity contribution in [2.75, 3.05) is 33.8 Å². The lowest BCUT2D eigenvalue weighted by Crippen LogP contribution is -2.33. The first-order valence-corrected chi connectivity index (χ1v) is 12.8. The number of hydrogen-bond acceptors (Lipinski definition) is 7. The third kappa shape index (κ3) is 6.01. The fourth-order valence-corrected chi connectivity index (χ4v) is 5.00. The number of rotatable bonds is 10. The van der Waals surface area contributed by atoms with Gasteiger partial charge in [-0.25, -0.2) is 0 Å². The van der Waals surface area contributed by atoms with Crippen LogP contribution < -0.4 is 4.74 Å². The maximum atomic E-state index is 9.11. The van der Waals surface area contributed by atoms with Gasteiger partial charge >= 0.3 is 0 Å². The summed E-state index contributed by atoms with van der Waals surface area (Å²) in [4.78, 5) is 9.03. The maximum Gasteiger partial charge on any atom is 0.175 e. The molecule has 3 heterocycles. The molecule has 3 aromatic rings. The van der Waals surface area contributed by atoms with Crippen LogP contribution in [0.25, 0.3) is 11.0 Å². The topological polar surface area (TPSA) is 78.4 Å². The Morgan fingerprint density at radius 2 is 1.97 bits per heavy atom. The summed E-state index contributed by atoms with van der Waals surface area (Å²) < 4.78 is 12.1. The maximum absolute atomic E-state index is 9.11. The summed E-state index contributed by atoms with van der Waals surface area (Å²) in [5, 5.41) is 14.7. The van der Waals surface area contributed by atoms with Crippen LogP contribution in [0, 0.1) is 23.2 Å². The zero-order chi connectivity index (χ0) is 24.2. The van der Waals surface area contributed by atoms with Gasteiger partial charge in [-0.1, -0.05) is 5.16 Å². The van der Waals surface area contributed by atoms with E-state index in [4.69, 9.17) is 14.5 Å². The number of fused-ring (bicyclic) bond motifs is 1. The molecule has 0 atom stereocenters. The normalized spacial score (nSPS) is 17.2. The van der Waals surface area contributed by atoms with E-state index in [2.05, 4.69) is 52.2 Å². The molecule has 2 aromatic heterocycles. The standard InChI is InChI=1S/C28H35N5O2/c1-32(2)18-25-27(34-19-21-3-4-21)8-6-24-26(31-35-28(24)25)7-5-20-10-13-33(14-11-20)17-23-15-22(16-29)9-12-30-23/h6,8-9,12,15,20-21H,3-5,7,10-11,13-14,17-19H2,1-2H3. The van der Waals surface area contributed by atoms with Gasteiger partial charge < -0.3 is 14.2 Å². The average Bonchev–Trinajstić information content (AvgIpc) is 3.60. The van der Waals surface area contributed by atoms with E-state index in [9.17, 15) is 0 Å². The number of piperidine rings is 1. The van der Waals surface area contributed by atoms with E-state index in [0.29, 0.717) is 17.4 Å². The quantitative estimate of drug-likeness (QED) is 0.419. The van der Waals surface area contributed by atoms with Crippen molar-refractivity contribution < 1.29 is 9.26 Å². The molecule has 184 valence electrons. The number of pyridine rings is 1. The summed E-state index contributed by atoms with van der Waals surface area (Å²) in [5.41, 5.74) is 4.71. The molecule has 1 saturated heterocycles. The van der Waals surface area contributed by atoms with Crippen molar-refractivity contribution in [3.05, 3.63) is 53.0 Å². The molecule has 5 rings (SSSR count). The van der Waals surface area contributed by atoms with Gasteiger partial charge in [0.15, 0.2) is 5.58 Å². The number of nitrogens with zero attached hydrogens (tertiary/aromatic N) is 5. The second-order valence-corrected chi connectivity index (χ2v) is 10.4. The number of aryl methyl sites for hydroxylation is 1. The Labute approximate surface area is 207 Å². The molecule has 0 spiro atoms. The fraction of sp³-hybridized carbons (Fsp3) is 0.536. The molecule has 35 heavy (non-hydrogen) atoms. The van der Waals surface area contributed by atoms with Crippen molar-refractivity contribution in [3.8, 4) is 11.8 Å². The van der Waals surface area contributed by atoms with Crippen LogP contribution in [0.4, 0.5) is 0 Å². The Morgan fingerprint density at radius 1 is 1.14 bits per heavy atom. The van der Waals surface area contributed by atoms with E-state index in [1.54, 1.807) is 12.3 Å². The van der Waals surface area contributed by atoms with Crippen molar-refractivity contribution in [2.45, 2.75) is 51.6 Å². The van der Waals surface area contributed by atoms with Crippen molar-refractivity contribution in [1.82, 2.24) is 19.9 Å². The van der Waals surface area contributed by atoms with E-state index in [1.807, 2.05) is 6.07 Å². The monoisotopic (exact) mass is 473 g/mol. The van der Waals surface area contributed by atoms with Gasteiger partial charge in [-0.15, -0.1) is 0 Å². The van der Waals surface area contributed by atoms with E-state index >= 15 is 0 Å². The first-order chi connectivity index (χ1) is 17.1. The minimum Gasteiger partial charge on any atom is -0.493 e. The molecule has 1 aromatic carbocycles. The number of nitriles is 1. The minimum atomic E-state index is 0.681. The molecule has 0 amide bonds. The molecule has 2 aliphatic rings. The lowest BCUT2D eigenvalue weighted by atomic mass is 9.91. The van der Waals surface area contributed by atoms with Crippen LogP contribution in [0.15, 0.2) is 35.0 Å². The molecule has 7 nitrogen and oxygen atoms in total. The Bertz CT molecular complexity index is 1190. The highest BCUT2D eigenvalue weighted by Crippen LogP contribution is 2.35. The van der Waals surface area contributed by atoms with E-state index in [0.717, 1.165) is 79.3 Å². The Hall–Kier alpha value is -2.95. The van der Waals surface area contributed by atoms with E-state index in [-0.39, 0.29) is 0 Å². The molecule has 0 radical (unpaired) electrons. The van der Waals surface area contributed by atoms with Gasteiger partial charge in [0.1, 0.15) is 5.75 Å². The molecule has 1 aliphatic carbocycles. The highest BCUT2D eigenvalue weighted by Gasteiger charge is 2.25. The Morgan fingerprint density at radius 3 is 2.71 bits per heavy atom. The SMILES string of the molecule is CN(C)Cc1c(OCC2CC2)ccc2c(CCC3CCN(Cc4cc(C#N)ccn4)CC3)noc12. The van der Waals surface area contributed by atoms with Crippen LogP contribution in [0.2, 0.25) is 0 Å². The summed E-state index contributed by atoms with van der Waals surface area (Å²) in [6, 6.07) is 10.1. The van der Waals surface area contributed by atoms with Crippen molar-refractivity contribution in [2.24, 2.45) is 11.8 Å². The van der Waals surface area contributed by atoms with Gasteiger partial charge in [0.25, 0.3) is 0 Å². The summed E-state index contributed by atoms with van der Waals surface area (Å²) >= 11 is 0. The van der Waals surface area contributed by atoms with Gasteiger partial charge in [-0.05, 0) is 102 Å². The first-order valence-electron chi connectivity index (χ1n) is 12.8. The van der Waals surface area contributed by atoms with Crippen LogP contribution in [-0.4, -0.2) is 53.7 Å². The van der Waals surface area contributed by atoms with E-state index in [1.165, 1.54) is 25.7 Å². The smallest absolute Gasteiger partial charge is 0.175 e. The Kier molecular flexibility index (Phi) is 7.31. The largest absolute Gasteiger partial charge is 0.493 e. The Balaban J connectivity index is 1.18. The summed E-state index contributed by atoms with van der Waals surface area (Å²) in [6.07, 6.45) is 8.71. The van der Waals surface area contributed by atoms with Crippen LogP contribution in [0.3, 0.4) is 0 Å². The third-order valence-corrected chi connectivity index (χ3v) is 7.25. The van der Waals surface area contributed by atoms with Gasteiger partial charge in [-0.2, -0.15) is 5.26 Å². The summed E-state index contributed by atoms with van der Waals surface area (Å²) in [7, 11) is 4.15. The van der Waals surface area contributed by atoms with Gasteiger partial charge in [0.2, 0.25) is 0 Å². The molecular formula is C28H35N5O2. The average molecular weight is 474 g/mol. The number of likely N-dealkylation sites (tertiary alicyclic amines) is 1. The molecular weight excluding hydrogens is 438 g/mol. The third-order valence-electron chi connectivity index (χ3n) is 7.25. The fourth-order valence-electron chi connectivity index (χ4n) is 5.00. The van der Waals surface area contributed by atoms with E-state index < -0.39 is 0 Å².